The third kappa shape index (κ3) is 2.40. The van der Waals surface area contributed by atoms with Gasteiger partial charge in [-0.1, -0.05) is 0 Å². The van der Waals surface area contributed by atoms with Crippen LogP contribution in [-0.2, 0) is 0 Å². The molecule has 1 aliphatic heterocycles. The number of rotatable bonds is 3. The molecule has 1 unspecified atom stereocenters. The lowest BCUT2D eigenvalue weighted by atomic mass is 9.94. The van der Waals surface area contributed by atoms with Crippen LogP contribution in [0, 0.1) is 5.92 Å². The predicted molar refractivity (Wildman–Crippen MR) is 80.7 cm³/mol. The Labute approximate surface area is 116 Å². The molecule has 3 N–H and O–H groups in total. The highest BCUT2D eigenvalue weighted by Gasteiger charge is 2.22. The highest BCUT2D eigenvalue weighted by atomic mass is 32.1. The Morgan fingerprint density at radius 2 is 2.37 bits per heavy atom. The van der Waals surface area contributed by atoms with Crippen molar-refractivity contribution in [1.29, 1.82) is 0 Å². The van der Waals surface area contributed by atoms with Gasteiger partial charge in [0.1, 0.15) is 5.52 Å². The lowest BCUT2D eigenvalue weighted by Crippen LogP contribution is -2.36. The topological polar surface area (TPSA) is 62.4 Å². The smallest absolute Gasteiger partial charge is 0.106 e. The number of aliphatic hydroxyl groups excluding tert-OH is 1. The van der Waals surface area contributed by atoms with Crippen molar-refractivity contribution in [3.05, 3.63) is 17.6 Å². The van der Waals surface area contributed by atoms with Gasteiger partial charge < -0.3 is 15.7 Å². The van der Waals surface area contributed by atoms with Gasteiger partial charge >= 0.3 is 0 Å². The van der Waals surface area contributed by atoms with E-state index in [2.05, 4.69) is 22.0 Å². The Morgan fingerprint density at radius 1 is 1.47 bits per heavy atom. The molecule has 102 valence electrons. The Morgan fingerprint density at radius 3 is 3.21 bits per heavy atom. The van der Waals surface area contributed by atoms with E-state index in [0.717, 1.165) is 41.1 Å². The zero-order chi connectivity index (χ0) is 13.2. The number of nitrogen functional groups attached to an aromatic ring is 1. The summed E-state index contributed by atoms with van der Waals surface area (Å²) in [5, 5.41) is 9.09. The van der Waals surface area contributed by atoms with Gasteiger partial charge in [0.25, 0.3) is 0 Å². The predicted octanol–water partition coefficient (Wildman–Crippen LogP) is 2.48. The van der Waals surface area contributed by atoms with Crippen molar-refractivity contribution in [3.8, 4) is 0 Å². The zero-order valence-electron chi connectivity index (χ0n) is 10.9. The number of anilines is 2. The first-order valence-electron chi connectivity index (χ1n) is 6.77. The molecule has 0 saturated carbocycles. The fourth-order valence-corrected chi connectivity index (χ4v) is 3.61. The molecule has 5 heteroatoms. The molecule has 2 aromatic rings. The van der Waals surface area contributed by atoms with E-state index in [1.807, 2.05) is 5.51 Å². The van der Waals surface area contributed by atoms with Crippen LogP contribution in [0.1, 0.15) is 19.3 Å². The van der Waals surface area contributed by atoms with E-state index in [-0.39, 0.29) is 6.61 Å². The van der Waals surface area contributed by atoms with E-state index in [9.17, 15) is 0 Å². The molecule has 1 aromatic heterocycles. The van der Waals surface area contributed by atoms with Crippen LogP contribution >= 0.6 is 11.3 Å². The van der Waals surface area contributed by atoms with Crippen molar-refractivity contribution >= 4 is 32.9 Å². The van der Waals surface area contributed by atoms with E-state index < -0.39 is 0 Å². The number of hydrogen-bond donors (Lipinski definition) is 2. The van der Waals surface area contributed by atoms with Crippen molar-refractivity contribution < 1.29 is 5.11 Å². The summed E-state index contributed by atoms with van der Waals surface area (Å²) in [4.78, 5) is 6.70. The van der Waals surface area contributed by atoms with Gasteiger partial charge in [-0.15, -0.1) is 11.3 Å². The van der Waals surface area contributed by atoms with Crippen LogP contribution in [-0.4, -0.2) is 29.8 Å². The molecule has 1 fully saturated rings. The van der Waals surface area contributed by atoms with E-state index in [0.29, 0.717) is 5.92 Å². The van der Waals surface area contributed by atoms with Crippen molar-refractivity contribution in [3.63, 3.8) is 0 Å². The summed E-state index contributed by atoms with van der Waals surface area (Å²) in [6.45, 7) is 2.31. The largest absolute Gasteiger partial charge is 0.396 e. The Kier molecular flexibility index (Phi) is 3.57. The average Bonchev–Trinajstić information content (AvgIpc) is 2.89. The summed E-state index contributed by atoms with van der Waals surface area (Å²) in [7, 11) is 0. The molecule has 1 aliphatic rings. The van der Waals surface area contributed by atoms with Gasteiger partial charge in [-0.25, -0.2) is 4.98 Å². The normalized spacial score (nSPS) is 20.1. The molecule has 0 aliphatic carbocycles. The number of hydrogen-bond acceptors (Lipinski definition) is 5. The minimum absolute atomic E-state index is 0.277. The zero-order valence-corrected chi connectivity index (χ0v) is 11.7. The molecule has 0 bridgehead atoms. The second-order valence-corrected chi connectivity index (χ2v) is 6.05. The number of nitrogens with zero attached hydrogens (tertiary/aromatic N) is 2. The van der Waals surface area contributed by atoms with Gasteiger partial charge in [0.05, 0.1) is 21.6 Å². The average molecular weight is 277 g/mol. The Hall–Kier alpha value is -1.33. The molecule has 1 saturated heterocycles. The second-order valence-electron chi connectivity index (χ2n) is 5.16. The van der Waals surface area contributed by atoms with E-state index in [1.54, 1.807) is 11.3 Å². The molecule has 0 radical (unpaired) electrons. The van der Waals surface area contributed by atoms with Gasteiger partial charge in [0, 0.05) is 19.7 Å². The van der Waals surface area contributed by atoms with Crippen LogP contribution in [0.15, 0.2) is 17.6 Å². The van der Waals surface area contributed by atoms with Gasteiger partial charge in [-0.05, 0) is 37.3 Å². The van der Waals surface area contributed by atoms with Gasteiger partial charge in [0.2, 0.25) is 0 Å². The van der Waals surface area contributed by atoms with Crippen LogP contribution in [0.25, 0.3) is 10.2 Å². The first kappa shape index (κ1) is 12.7. The van der Waals surface area contributed by atoms with E-state index in [4.69, 9.17) is 10.8 Å². The number of fused-ring (bicyclic) bond motifs is 1. The number of aromatic nitrogens is 1. The summed E-state index contributed by atoms with van der Waals surface area (Å²) in [6.07, 6.45) is 3.25. The van der Waals surface area contributed by atoms with Crippen LogP contribution in [0.5, 0.6) is 0 Å². The summed E-state index contributed by atoms with van der Waals surface area (Å²) >= 11 is 1.62. The number of nitrogens with two attached hydrogens (primary N) is 1. The fraction of sp³-hybridized carbons (Fsp3) is 0.500. The molecule has 1 atom stereocenters. The van der Waals surface area contributed by atoms with E-state index >= 15 is 0 Å². The number of piperidine rings is 1. The molecule has 1 aromatic carbocycles. The maximum absolute atomic E-state index is 9.09. The van der Waals surface area contributed by atoms with Gasteiger partial charge in [0.15, 0.2) is 0 Å². The summed E-state index contributed by atoms with van der Waals surface area (Å²) in [5.74, 6) is 0.573. The highest BCUT2D eigenvalue weighted by Crippen LogP contribution is 2.34. The maximum Gasteiger partial charge on any atom is 0.106 e. The first-order valence-corrected chi connectivity index (χ1v) is 7.65. The number of thiazole rings is 1. The SMILES string of the molecule is Nc1c(N2CCCC(CCO)C2)ccc2scnc12. The molecule has 0 spiro atoms. The molecule has 3 rings (SSSR count). The number of aliphatic hydroxyl groups is 1. The lowest BCUT2D eigenvalue weighted by Gasteiger charge is -2.35. The third-order valence-electron chi connectivity index (χ3n) is 3.92. The maximum atomic E-state index is 9.09. The van der Waals surface area contributed by atoms with Crippen molar-refractivity contribution in [1.82, 2.24) is 4.98 Å². The lowest BCUT2D eigenvalue weighted by molar-refractivity contribution is 0.244. The van der Waals surface area contributed by atoms with Crippen LogP contribution in [0.3, 0.4) is 0 Å². The Balaban J connectivity index is 1.88. The molecule has 19 heavy (non-hydrogen) atoms. The van der Waals surface area contributed by atoms with Gasteiger partial charge in [-0.2, -0.15) is 0 Å². The summed E-state index contributed by atoms with van der Waals surface area (Å²) < 4.78 is 1.14. The Bertz CT molecular complexity index is 567. The second kappa shape index (κ2) is 5.35. The van der Waals surface area contributed by atoms with Crippen molar-refractivity contribution in [2.45, 2.75) is 19.3 Å². The molecular formula is C14H19N3OS. The highest BCUT2D eigenvalue weighted by molar-refractivity contribution is 7.16. The van der Waals surface area contributed by atoms with Crippen molar-refractivity contribution in [2.24, 2.45) is 5.92 Å². The van der Waals surface area contributed by atoms with Crippen LogP contribution < -0.4 is 10.6 Å². The third-order valence-corrected chi connectivity index (χ3v) is 4.71. The van der Waals surface area contributed by atoms with Crippen molar-refractivity contribution in [2.75, 3.05) is 30.3 Å². The van der Waals surface area contributed by atoms with Crippen LogP contribution in [0.4, 0.5) is 11.4 Å². The van der Waals surface area contributed by atoms with Crippen LogP contribution in [0.2, 0.25) is 0 Å². The van der Waals surface area contributed by atoms with Gasteiger partial charge in [-0.3, -0.25) is 0 Å². The quantitative estimate of drug-likeness (QED) is 0.846. The first-order chi connectivity index (χ1) is 9.29. The number of benzene rings is 1. The summed E-state index contributed by atoms with van der Waals surface area (Å²) in [6, 6.07) is 4.21. The van der Waals surface area contributed by atoms with E-state index in [1.165, 1.54) is 12.8 Å². The standard InChI is InChI=1S/C14H19N3OS/c15-13-11(3-4-12-14(13)16-9-19-12)17-6-1-2-10(8-17)5-7-18/h3-4,9-10,18H,1-2,5-8,15H2. The molecule has 4 nitrogen and oxygen atoms in total. The molecule has 0 amide bonds. The summed E-state index contributed by atoms with van der Waals surface area (Å²) in [5.41, 5.74) is 10.9. The minimum Gasteiger partial charge on any atom is -0.396 e. The monoisotopic (exact) mass is 277 g/mol. The molecule has 2 heterocycles. The molecular weight excluding hydrogens is 258 g/mol. The fourth-order valence-electron chi connectivity index (χ4n) is 2.92. The minimum atomic E-state index is 0.277.